The van der Waals surface area contributed by atoms with E-state index in [1.807, 2.05) is 12.1 Å². The molecule has 0 aromatic heterocycles. The van der Waals surface area contributed by atoms with E-state index in [-0.39, 0.29) is 6.10 Å². The van der Waals surface area contributed by atoms with Crippen molar-refractivity contribution in [1.82, 2.24) is 0 Å². The van der Waals surface area contributed by atoms with E-state index in [0.29, 0.717) is 0 Å². The third-order valence-corrected chi connectivity index (χ3v) is 3.33. The maximum absolute atomic E-state index is 5.90. The molecule has 0 aliphatic carbocycles. The van der Waals surface area contributed by atoms with Gasteiger partial charge in [-0.1, -0.05) is 29.8 Å². The number of hydrogen-bond acceptors (Lipinski definition) is 2. The minimum atomic E-state index is 0.123. The zero-order chi connectivity index (χ0) is 14.5. The Morgan fingerprint density at radius 3 is 2.30 bits per heavy atom. The third kappa shape index (κ3) is 4.02. The molecule has 0 aliphatic rings. The third-order valence-electron chi connectivity index (χ3n) is 3.33. The van der Waals surface area contributed by atoms with Gasteiger partial charge in [-0.3, -0.25) is 0 Å². The van der Waals surface area contributed by atoms with Gasteiger partial charge in [0.2, 0.25) is 0 Å². The van der Waals surface area contributed by atoms with Gasteiger partial charge in [0.1, 0.15) is 11.9 Å². The number of nitrogens with one attached hydrogen (secondary N) is 1. The molecule has 20 heavy (non-hydrogen) atoms. The fourth-order valence-electron chi connectivity index (χ4n) is 2.07. The number of rotatable bonds is 5. The molecule has 0 spiro atoms. The van der Waals surface area contributed by atoms with E-state index in [1.54, 1.807) is 0 Å². The molecule has 2 rings (SSSR count). The Bertz CT molecular complexity index is 560. The van der Waals surface area contributed by atoms with E-state index in [9.17, 15) is 0 Å². The molecule has 0 aliphatic heterocycles. The second-order valence-electron chi connectivity index (χ2n) is 5.44. The minimum absolute atomic E-state index is 0.123. The first-order valence-corrected chi connectivity index (χ1v) is 7.09. The molecule has 2 nitrogen and oxygen atoms in total. The van der Waals surface area contributed by atoms with Crippen LogP contribution in [0.2, 0.25) is 0 Å². The molecule has 1 atom stereocenters. The lowest BCUT2D eigenvalue weighted by Crippen LogP contribution is -2.23. The van der Waals surface area contributed by atoms with Crippen molar-refractivity contribution < 1.29 is 4.74 Å². The van der Waals surface area contributed by atoms with E-state index in [2.05, 4.69) is 63.3 Å². The summed E-state index contributed by atoms with van der Waals surface area (Å²) in [6.45, 7) is 9.18. The molecule has 0 saturated carbocycles. The van der Waals surface area contributed by atoms with E-state index >= 15 is 0 Å². The summed E-state index contributed by atoms with van der Waals surface area (Å²) in [5, 5.41) is 3.46. The molecule has 0 saturated heterocycles. The lowest BCUT2D eigenvalue weighted by molar-refractivity contribution is 0.234. The van der Waals surface area contributed by atoms with Crippen LogP contribution >= 0.6 is 0 Å². The van der Waals surface area contributed by atoms with Gasteiger partial charge < -0.3 is 10.1 Å². The Kier molecular flexibility index (Phi) is 4.67. The quantitative estimate of drug-likeness (QED) is 0.863. The van der Waals surface area contributed by atoms with E-state index < -0.39 is 0 Å². The number of hydrogen-bond donors (Lipinski definition) is 1. The average molecular weight is 269 g/mol. The van der Waals surface area contributed by atoms with Gasteiger partial charge in [-0.2, -0.15) is 0 Å². The first kappa shape index (κ1) is 14.4. The molecular weight excluding hydrogens is 246 g/mol. The Hall–Kier alpha value is -1.96. The van der Waals surface area contributed by atoms with Crippen LogP contribution in [0.3, 0.4) is 0 Å². The SMILES string of the molecule is Cc1ccc(OC(C)CNc2cc(C)ccc2C)cc1. The van der Waals surface area contributed by atoms with Crippen LogP contribution in [0, 0.1) is 20.8 Å². The highest BCUT2D eigenvalue weighted by Crippen LogP contribution is 2.17. The molecular formula is C18H23NO. The number of anilines is 1. The van der Waals surface area contributed by atoms with Gasteiger partial charge in [0.05, 0.1) is 6.54 Å². The minimum Gasteiger partial charge on any atom is -0.489 e. The largest absolute Gasteiger partial charge is 0.489 e. The summed E-state index contributed by atoms with van der Waals surface area (Å²) in [6, 6.07) is 14.6. The summed E-state index contributed by atoms with van der Waals surface area (Å²) in [5.41, 5.74) is 4.96. The van der Waals surface area contributed by atoms with Crippen LogP contribution in [-0.4, -0.2) is 12.6 Å². The van der Waals surface area contributed by atoms with E-state index in [0.717, 1.165) is 12.3 Å². The van der Waals surface area contributed by atoms with Crippen molar-refractivity contribution in [2.45, 2.75) is 33.8 Å². The van der Waals surface area contributed by atoms with Crippen molar-refractivity contribution in [3.8, 4) is 5.75 Å². The summed E-state index contributed by atoms with van der Waals surface area (Å²) in [7, 11) is 0. The normalized spacial score (nSPS) is 12.0. The molecule has 0 heterocycles. The smallest absolute Gasteiger partial charge is 0.119 e. The fourth-order valence-corrected chi connectivity index (χ4v) is 2.07. The highest BCUT2D eigenvalue weighted by atomic mass is 16.5. The Morgan fingerprint density at radius 1 is 0.950 bits per heavy atom. The van der Waals surface area contributed by atoms with Crippen molar-refractivity contribution in [3.05, 3.63) is 59.2 Å². The zero-order valence-corrected chi connectivity index (χ0v) is 12.7. The van der Waals surface area contributed by atoms with Crippen molar-refractivity contribution in [2.75, 3.05) is 11.9 Å². The monoisotopic (exact) mass is 269 g/mol. The second kappa shape index (κ2) is 6.47. The van der Waals surface area contributed by atoms with E-state index in [1.165, 1.54) is 22.4 Å². The number of ether oxygens (including phenoxy) is 1. The van der Waals surface area contributed by atoms with Crippen LogP contribution < -0.4 is 10.1 Å². The van der Waals surface area contributed by atoms with Crippen molar-refractivity contribution in [2.24, 2.45) is 0 Å². The maximum Gasteiger partial charge on any atom is 0.119 e. The van der Waals surface area contributed by atoms with Crippen LogP contribution in [0.4, 0.5) is 5.69 Å². The highest BCUT2D eigenvalue weighted by molar-refractivity contribution is 5.52. The molecule has 2 heteroatoms. The van der Waals surface area contributed by atoms with Gasteiger partial charge in [-0.15, -0.1) is 0 Å². The maximum atomic E-state index is 5.90. The lowest BCUT2D eigenvalue weighted by atomic mass is 10.1. The predicted molar refractivity (Wildman–Crippen MR) is 85.7 cm³/mol. The molecule has 0 fully saturated rings. The fraction of sp³-hybridized carbons (Fsp3) is 0.333. The molecule has 0 amide bonds. The Labute approximate surface area is 121 Å². The Balaban J connectivity index is 1.90. The predicted octanol–water partition coefficient (Wildman–Crippen LogP) is 4.49. The summed E-state index contributed by atoms with van der Waals surface area (Å²) < 4.78 is 5.90. The first-order valence-electron chi connectivity index (χ1n) is 7.09. The van der Waals surface area contributed by atoms with Crippen molar-refractivity contribution in [1.29, 1.82) is 0 Å². The Morgan fingerprint density at radius 2 is 1.60 bits per heavy atom. The molecule has 1 unspecified atom stereocenters. The van der Waals surface area contributed by atoms with Crippen LogP contribution in [0.15, 0.2) is 42.5 Å². The number of aryl methyl sites for hydroxylation is 3. The van der Waals surface area contributed by atoms with Crippen LogP contribution in [0.1, 0.15) is 23.6 Å². The topological polar surface area (TPSA) is 21.3 Å². The summed E-state index contributed by atoms with van der Waals surface area (Å²) >= 11 is 0. The van der Waals surface area contributed by atoms with Crippen LogP contribution in [0.25, 0.3) is 0 Å². The standard InChI is InChI=1S/C18H23NO/c1-13-6-9-17(10-7-13)20-16(4)12-19-18-11-14(2)5-8-15(18)3/h5-11,16,19H,12H2,1-4H3. The average Bonchev–Trinajstić information content (AvgIpc) is 2.42. The highest BCUT2D eigenvalue weighted by Gasteiger charge is 2.05. The van der Waals surface area contributed by atoms with Crippen molar-refractivity contribution in [3.63, 3.8) is 0 Å². The van der Waals surface area contributed by atoms with Crippen LogP contribution in [0.5, 0.6) is 5.75 Å². The molecule has 0 radical (unpaired) electrons. The van der Waals surface area contributed by atoms with Crippen LogP contribution in [-0.2, 0) is 0 Å². The summed E-state index contributed by atoms with van der Waals surface area (Å²) in [5.74, 6) is 0.922. The van der Waals surface area contributed by atoms with Gasteiger partial charge in [0.15, 0.2) is 0 Å². The second-order valence-corrected chi connectivity index (χ2v) is 5.44. The molecule has 106 valence electrons. The van der Waals surface area contributed by atoms with Gasteiger partial charge in [0.25, 0.3) is 0 Å². The van der Waals surface area contributed by atoms with Gasteiger partial charge in [-0.25, -0.2) is 0 Å². The summed E-state index contributed by atoms with van der Waals surface area (Å²) in [6.07, 6.45) is 0.123. The molecule has 2 aromatic rings. The van der Waals surface area contributed by atoms with Gasteiger partial charge >= 0.3 is 0 Å². The zero-order valence-electron chi connectivity index (χ0n) is 12.7. The molecule has 0 bridgehead atoms. The van der Waals surface area contributed by atoms with Gasteiger partial charge in [-0.05, 0) is 57.0 Å². The lowest BCUT2D eigenvalue weighted by Gasteiger charge is -2.17. The first-order chi connectivity index (χ1) is 9.54. The number of benzene rings is 2. The molecule has 1 N–H and O–H groups in total. The summed E-state index contributed by atoms with van der Waals surface area (Å²) in [4.78, 5) is 0. The van der Waals surface area contributed by atoms with Crippen molar-refractivity contribution >= 4 is 5.69 Å². The van der Waals surface area contributed by atoms with Gasteiger partial charge in [0, 0.05) is 5.69 Å². The molecule has 2 aromatic carbocycles. The van der Waals surface area contributed by atoms with E-state index in [4.69, 9.17) is 4.74 Å².